The molecule has 0 aliphatic carbocycles. The minimum Gasteiger partial charge on any atom is -0.247 e. The zero-order valence-corrected chi connectivity index (χ0v) is 14.2. The van der Waals surface area contributed by atoms with Crippen molar-refractivity contribution in [1.82, 2.24) is 15.4 Å². The largest absolute Gasteiger partial charge is 0.416 e. The number of nitrogens with one attached hydrogen (secondary N) is 1. The molecule has 0 spiro atoms. The first-order valence-electron chi connectivity index (χ1n) is 7.87. The Balaban J connectivity index is 2.06. The summed E-state index contributed by atoms with van der Waals surface area (Å²) in [6.07, 6.45) is -9.90. The van der Waals surface area contributed by atoms with Crippen LogP contribution in [0.5, 0.6) is 0 Å². The summed E-state index contributed by atoms with van der Waals surface area (Å²) in [4.78, 5) is 0. The van der Waals surface area contributed by atoms with Crippen molar-refractivity contribution in [3.63, 3.8) is 0 Å². The number of rotatable bonds is 3. The first kappa shape index (κ1) is 20.3. The molecule has 1 aromatic heterocycles. The van der Waals surface area contributed by atoms with E-state index in [9.17, 15) is 30.7 Å². The fraction of sp³-hybridized carbons (Fsp3) is 0.167. The molecule has 0 atom stereocenters. The molecule has 0 saturated carbocycles. The van der Waals surface area contributed by atoms with E-state index < -0.39 is 35.7 Å². The average Bonchev–Trinajstić information content (AvgIpc) is 3.10. The van der Waals surface area contributed by atoms with Gasteiger partial charge in [-0.15, -0.1) is 5.10 Å². The van der Waals surface area contributed by atoms with Crippen LogP contribution in [-0.2, 0) is 18.8 Å². The molecule has 29 heavy (non-hydrogen) atoms. The molecule has 150 valence electrons. The van der Waals surface area contributed by atoms with Gasteiger partial charge in [0.05, 0.1) is 11.1 Å². The third-order valence-corrected chi connectivity index (χ3v) is 4.03. The number of nitriles is 1. The molecule has 3 rings (SSSR count). The summed E-state index contributed by atoms with van der Waals surface area (Å²) in [5.74, 6) is -1.20. The molecule has 1 heterocycles. The number of halogens is 7. The lowest BCUT2D eigenvalue weighted by molar-refractivity contribution is -0.138. The fourth-order valence-corrected chi connectivity index (χ4v) is 2.69. The zero-order valence-electron chi connectivity index (χ0n) is 14.2. The molecule has 0 amide bonds. The van der Waals surface area contributed by atoms with Crippen LogP contribution >= 0.6 is 0 Å². The number of alkyl halides is 6. The first-order valence-corrected chi connectivity index (χ1v) is 7.87. The van der Waals surface area contributed by atoms with Crippen molar-refractivity contribution in [2.75, 3.05) is 0 Å². The van der Waals surface area contributed by atoms with E-state index in [1.807, 2.05) is 0 Å². The second-order valence-electron chi connectivity index (χ2n) is 6.04. The van der Waals surface area contributed by atoms with Crippen molar-refractivity contribution >= 4 is 0 Å². The van der Waals surface area contributed by atoms with Gasteiger partial charge in [-0.1, -0.05) is 11.3 Å². The van der Waals surface area contributed by atoms with Crippen molar-refractivity contribution < 1.29 is 30.7 Å². The number of aromatic nitrogens is 3. The molecule has 0 fully saturated rings. The van der Waals surface area contributed by atoms with Gasteiger partial charge in [-0.25, -0.2) is 9.49 Å². The third kappa shape index (κ3) is 4.37. The van der Waals surface area contributed by atoms with Crippen LogP contribution in [0, 0.1) is 17.1 Å². The van der Waals surface area contributed by atoms with E-state index in [1.165, 1.54) is 6.07 Å². The van der Waals surface area contributed by atoms with E-state index >= 15 is 0 Å². The maximum Gasteiger partial charge on any atom is 0.416 e. The number of aromatic amines is 1. The van der Waals surface area contributed by atoms with Gasteiger partial charge in [0.15, 0.2) is 5.69 Å². The number of hydrogen-bond donors (Lipinski definition) is 1. The van der Waals surface area contributed by atoms with E-state index in [0.29, 0.717) is 6.07 Å². The Morgan fingerprint density at radius 2 is 1.62 bits per heavy atom. The predicted octanol–water partition coefficient (Wildman–Crippen LogP) is 5.11. The van der Waals surface area contributed by atoms with Crippen LogP contribution in [0.4, 0.5) is 30.7 Å². The Bertz CT molecular complexity index is 1090. The summed E-state index contributed by atoms with van der Waals surface area (Å²) in [6.45, 7) is 0. The molecular formula is C18H9F7N4. The van der Waals surface area contributed by atoms with Crippen LogP contribution in [0.2, 0.25) is 0 Å². The summed E-state index contributed by atoms with van der Waals surface area (Å²) >= 11 is 0. The van der Waals surface area contributed by atoms with Gasteiger partial charge >= 0.3 is 12.4 Å². The highest BCUT2D eigenvalue weighted by Gasteiger charge is 2.33. The van der Waals surface area contributed by atoms with Crippen molar-refractivity contribution in [3.05, 3.63) is 70.2 Å². The van der Waals surface area contributed by atoms with Gasteiger partial charge < -0.3 is 0 Å². The second kappa shape index (κ2) is 7.20. The van der Waals surface area contributed by atoms with Crippen molar-refractivity contribution in [3.8, 4) is 17.3 Å². The Morgan fingerprint density at radius 3 is 2.21 bits per heavy atom. The topological polar surface area (TPSA) is 65.4 Å². The SMILES string of the molecule is N#Cc1[nH]nnc1-c1cc(Cc2ccc(C(F)(F)F)cc2F)cc(C(F)(F)F)c1. The number of nitrogens with zero attached hydrogens (tertiary/aromatic N) is 3. The highest BCUT2D eigenvalue weighted by atomic mass is 19.4. The molecule has 2 aromatic carbocycles. The second-order valence-corrected chi connectivity index (χ2v) is 6.04. The van der Waals surface area contributed by atoms with E-state index in [2.05, 4.69) is 15.4 Å². The van der Waals surface area contributed by atoms with Gasteiger partial charge in [0.1, 0.15) is 17.6 Å². The van der Waals surface area contributed by atoms with Gasteiger partial charge in [-0.3, -0.25) is 0 Å². The van der Waals surface area contributed by atoms with E-state index in [1.54, 1.807) is 6.07 Å². The van der Waals surface area contributed by atoms with E-state index in [4.69, 9.17) is 5.26 Å². The van der Waals surface area contributed by atoms with Crippen LogP contribution in [0.1, 0.15) is 27.9 Å². The molecule has 1 N–H and O–H groups in total. The summed E-state index contributed by atoms with van der Waals surface area (Å²) in [5, 5.41) is 18.2. The lowest BCUT2D eigenvalue weighted by atomic mass is 9.97. The molecule has 0 bridgehead atoms. The molecule has 11 heteroatoms. The zero-order chi connectivity index (χ0) is 21.4. The lowest BCUT2D eigenvalue weighted by Gasteiger charge is -2.13. The van der Waals surface area contributed by atoms with E-state index in [-0.39, 0.29) is 34.1 Å². The van der Waals surface area contributed by atoms with Crippen LogP contribution in [-0.4, -0.2) is 15.4 Å². The highest BCUT2D eigenvalue weighted by molar-refractivity contribution is 5.66. The summed E-state index contributed by atoms with van der Waals surface area (Å²) < 4.78 is 91.9. The number of H-pyrrole nitrogens is 1. The van der Waals surface area contributed by atoms with Gasteiger partial charge in [-0.2, -0.15) is 31.6 Å². The Hall–Kier alpha value is -3.42. The highest BCUT2D eigenvalue weighted by Crippen LogP contribution is 2.35. The van der Waals surface area contributed by atoms with Crippen LogP contribution in [0.3, 0.4) is 0 Å². The molecule has 0 radical (unpaired) electrons. The van der Waals surface area contributed by atoms with Crippen molar-refractivity contribution in [1.29, 1.82) is 5.26 Å². The normalized spacial score (nSPS) is 12.1. The smallest absolute Gasteiger partial charge is 0.247 e. The monoisotopic (exact) mass is 414 g/mol. The molecule has 0 aliphatic rings. The van der Waals surface area contributed by atoms with Gasteiger partial charge in [0.25, 0.3) is 0 Å². The lowest BCUT2D eigenvalue weighted by Crippen LogP contribution is -2.08. The van der Waals surface area contributed by atoms with Crippen LogP contribution in [0.25, 0.3) is 11.3 Å². The average molecular weight is 414 g/mol. The predicted molar refractivity (Wildman–Crippen MR) is 85.7 cm³/mol. The van der Waals surface area contributed by atoms with Gasteiger partial charge in [0.2, 0.25) is 0 Å². The molecule has 0 unspecified atom stereocenters. The van der Waals surface area contributed by atoms with Crippen molar-refractivity contribution in [2.45, 2.75) is 18.8 Å². The number of benzene rings is 2. The van der Waals surface area contributed by atoms with Gasteiger partial charge in [0, 0.05) is 12.0 Å². The Kier molecular flexibility index (Phi) is 5.04. The quantitative estimate of drug-likeness (QED) is 0.606. The number of hydrogen-bond acceptors (Lipinski definition) is 3. The fourth-order valence-electron chi connectivity index (χ4n) is 2.69. The summed E-state index contributed by atoms with van der Waals surface area (Å²) in [7, 11) is 0. The Morgan fingerprint density at radius 1 is 0.931 bits per heavy atom. The van der Waals surface area contributed by atoms with Crippen molar-refractivity contribution in [2.24, 2.45) is 0 Å². The Labute approximate surface area is 158 Å². The van der Waals surface area contributed by atoms with Crippen LogP contribution in [0.15, 0.2) is 36.4 Å². The summed E-state index contributed by atoms with van der Waals surface area (Å²) in [6, 6.07) is 6.26. The summed E-state index contributed by atoms with van der Waals surface area (Å²) in [5.41, 5.74) is -2.92. The van der Waals surface area contributed by atoms with Crippen LogP contribution < -0.4 is 0 Å². The maximum absolute atomic E-state index is 14.1. The van der Waals surface area contributed by atoms with Gasteiger partial charge in [-0.05, 0) is 41.5 Å². The molecule has 4 nitrogen and oxygen atoms in total. The minimum atomic E-state index is -4.75. The molecule has 0 aliphatic heterocycles. The molecule has 3 aromatic rings. The minimum absolute atomic E-state index is 0.0274. The third-order valence-electron chi connectivity index (χ3n) is 4.03. The molecular weight excluding hydrogens is 405 g/mol. The first-order chi connectivity index (χ1) is 13.5. The standard InChI is InChI=1S/C18H9F7N4/c19-14-7-12(17(20,21)22)2-1-10(14)3-9-4-11(6-13(5-9)18(23,24)25)16-15(8-26)27-29-28-16/h1-2,4-7H,3H2,(H,27,28,29). The molecule has 0 saturated heterocycles. The van der Waals surface area contributed by atoms with E-state index in [0.717, 1.165) is 18.2 Å². The maximum atomic E-state index is 14.1.